The van der Waals surface area contributed by atoms with Crippen LogP contribution in [-0.2, 0) is 10.5 Å². The maximum absolute atomic E-state index is 12.6. The Kier molecular flexibility index (Phi) is 5.91. The van der Waals surface area contributed by atoms with Crippen LogP contribution >= 0.6 is 35.0 Å². The summed E-state index contributed by atoms with van der Waals surface area (Å²) in [4.78, 5) is 24.6. The van der Waals surface area contributed by atoms with E-state index in [0.717, 1.165) is 5.56 Å². The van der Waals surface area contributed by atoms with E-state index >= 15 is 0 Å². The van der Waals surface area contributed by atoms with Crippen LogP contribution in [0, 0.1) is 0 Å². The minimum Gasteiger partial charge on any atom is -0.465 e. The second-order valence-electron chi connectivity index (χ2n) is 5.54. The van der Waals surface area contributed by atoms with Crippen molar-refractivity contribution in [1.82, 2.24) is 4.57 Å². The predicted octanol–water partition coefficient (Wildman–Crippen LogP) is 5.31. The van der Waals surface area contributed by atoms with Crippen molar-refractivity contribution in [3.05, 3.63) is 69.8 Å². The van der Waals surface area contributed by atoms with Crippen LogP contribution in [0.15, 0.2) is 48.7 Å². The van der Waals surface area contributed by atoms with Crippen LogP contribution in [0.2, 0.25) is 10.0 Å². The second-order valence-corrected chi connectivity index (χ2v) is 7.37. The number of aromatic nitrogens is 1. The third-order valence-corrected chi connectivity index (χ3v) is 5.44. The van der Waals surface area contributed by atoms with Crippen LogP contribution in [0.4, 0.5) is 0 Å². The SMILES string of the molecule is COC(=O)c1cn(C(=O)CSCc2ccc(Cl)cc2Cl)c2ccccc12. The molecular formula is C19H15Cl2NO3S. The molecule has 0 radical (unpaired) electrons. The third-order valence-electron chi connectivity index (χ3n) is 3.88. The Labute approximate surface area is 165 Å². The van der Waals surface area contributed by atoms with Gasteiger partial charge in [0.05, 0.1) is 23.9 Å². The van der Waals surface area contributed by atoms with Gasteiger partial charge < -0.3 is 4.74 Å². The summed E-state index contributed by atoms with van der Waals surface area (Å²) >= 11 is 13.5. The number of nitrogens with zero attached hydrogens (tertiary/aromatic N) is 1. The molecule has 26 heavy (non-hydrogen) atoms. The van der Waals surface area contributed by atoms with E-state index < -0.39 is 5.97 Å². The zero-order valence-electron chi connectivity index (χ0n) is 13.9. The molecule has 0 amide bonds. The highest BCUT2D eigenvalue weighted by Crippen LogP contribution is 2.26. The van der Waals surface area contributed by atoms with Crippen molar-refractivity contribution >= 4 is 57.7 Å². The Balaban J connectivity index is 1.77. The fourth-order valence-corrected chi connectivity index (χ4v) is 4.06. The number of thioether (sulfide) groups is 1. The minimum absolute atomic E-state index is 0.119. The van der Waals surface area contributed by atoms with Gasteiger partial charge in [-0.2, -0.15) is 0 Å². The molecule has 0 aliphatic rings. The van der Waals surface area contributed by atoms with Crippen molar-refractivity contribution in [3.63, 3.8) is 0 Å². The van der Waals surface area contributed by atoms with E-state index in [0.29, 0.717) is 32.3 Å². The summed E-state index contributed by atoms with van der Waals surface area (Å²) in [5.41, 5.74) is 1.98. The summed E-state index contributed by atoms with van der Waals surface area (Å²) in [7, 11) is 1.32. The molecule has 3 aromatic rings. The molecule has 0 spiro atoms. The first-order valence-electron chi connectivity index (χ1n) is 7.74. The molecule has 0 saturated heterocycles. The van der Waals surface area contributed by atoms with Gasteiger partial charge in [0.1, 0.15) is 0 Å². The number of rotatable bonds is 5. The largest absolute Gasteiger partial charge is 0.465 e. The zero-order chi connectivity index (χ0) is 18.7. The molecule has 1 aromatic heterocycles. The normalized spacial score (nSPS) is 10.9. The zero-order valence-corrected chi connectivity index (χ0v) is 16.2. The van der Waals surface area contributed by atoms with Gasteiger partial charge in [0.2, 0.25) is 5.91 Å². The summed E-state index contributed by atoms with van der Waals surface area (Å²) in [6.07, 6.45) is 1.54. The van der Waals surface area contributed by atoms with Gasteiger partial charge in [0, 0.05) is 27.4 Å². The molecule has 0 saturated carbocycles. The van der Waals surface area contributed by atoms with Crippen LogP contribution in [-0.4, -0.2) is 29.3 Å². The summed E-state index contributed by atoms with van der Waals surface area (Å²) in [5.74, 6) is 0.253. The molecule has 4 nitrogen and oxygen atoms in total. The Bertz CT molecular complexity index is 984. The van der Waals surface area contributed by atoms with Gasteiger partial charge in [0.15, 0.2) is 0 Å². The number of methoxy groups -OCH3 is 1. The van der Waals surface area contributed by atoms with Crippen molar-refractivity contribution in [2.24, 2.45) is 0 Å². The van der Waals surface area contributed by atoms with E-state index in [1.807, 2.05) is 18.2 Å². The number of fused-ring (bicyclic) bond motifs is 1. The number of ether oxygens (including phenoxy) is 1. The average Bonchev–Trinajstić information content (AvgIpc) is 3.02. The van der Waals surface area contributed by atoms with E-state index in [-0.39, 0.29) is 11.7 Å². The molecule has 0 aliphatic carbocycles. The summed E-state index contributed by atoms with van der Waals surface area (Å²) in [5, 5.41) is 1.85. The first-order chi connectivity index (χ1) is 12.5. The van der Waals surface area contributed by atoms with Crippen molar-refractivity contribution in [1.29, 1.82) is 0 Å². The van der Waals surface area contributed by atoms with Crippen molar-refractivity contribution in [2.45, 2.75) is 5.75 Å². The molecule has 0 N–H and O–H groups in total. The van der Waals surface area contributed by atoms with E-state index in [1.54, 1.807) is 24.3 Å². The monoisotopic (exact) mass is 407 g/mol. The molecule has 0 fully saturated rings. The number of benzene rings is 2. The van der Waals surface area contributed by atoms with Crippen LogP contribution in [0.3, 0.4) is 0 Å². The van der Waals surface area contributed by atoms with E-state index in [4.69, 9.17) is 27.9 Å². The van der Waals surface area contributed by atoms with Crippen LogP contribution < -0.4 is 0 Å². The maximum atomic E-state index is 12.6. The first-order valence-corrected chi connectivity index (χ1v) is 9.65. The smallest absolute Gasteiger partial charge is 0.340 e. The molecule has 0 atom stereocenters. The molecule has 0 unspecified atom stereocenters. The molecule has 134 valence electrons. The topological polar surface area (TPSA) is 48.3 Å². The summed E-state index contributed by atoms with van der Waals surface area (Å²) in [6, 6.07) is 12.6. The Morgan fingerprint density at radius 2 is 1.92 bits per heavy atom. The average molecular weight is 408 g/mol. The van der Waals surface area contributed by atoms with Gasteiger partial charge in [0.25, 0.3) is 0 Å². The van der Waals surface area contributed by atoms with Gasteiger partial charge in [-0.05, 0) is 23.8 Å². The Hall–Kier alpha value is -1.95. The number of halogens is 2. The Morgan fingerprint density at radius 3 is 2.65 bits per heavy atom. The maximum Gasteiger partial charge on any atom is 0.340 e. The molecule has 7 heteroatoms. The molecular weight excluding hydrogens is 393 g/mol. The minimum atomic E-state index is -0.464. The highest BCUT2D eigenvalue weighted by molar-refractivity contribution is 7.99. The quantitative estimate of drug-likeness (QED) is 0.537. The van der Waals surface area contributed by atoms with Crippen molar-refractivity contribution < 1.29 is 14.3 Å². The van der Waals surface area contributed by atoms with Gasteiger partial charge >= 0.3 is 5.97 Å². The van der Waals surface area contributed by atoms with Crippen LogP contribution in [0.5, 0.6) is 0 Å². The second kappa shape index (κ2) is 8.16. The number of hydrogen-bond acceptors (Lipinski definition) is 4. The fourth-order valence-electron chi connectivity index (χ4n) is 2.62. The third kappa shape index (κ3) is 3.90. The molecule has 0 bridgehead atoms. The predicted molar refractivity (Wildman–Crippen MR) is 107 cm³/mol. The van der Waals surface area contributed by atoms with Crippen molar-refractivity contribution in [3.8, 4) is 0 Å². The van der Waals surface area contributed by atoms with E-state index in [9.17, 15) is 9.59 Å². The first kappa shape index (κ1) is 18.8. The molecule has 0 aliphatic heterocycles. The van der Waals surface area contributed by atoms with Gasteiger partial charge in [-0.25, -0.2) is 4.79 Å². The number of para-hydroxylation sites is 1. The molecule has 3 rings (SSSR count). The Morgan fingerprint density at radius 1 is 1.15 bits per heavy atom. The van der Waals surface area contributed by atoms with Gasteiger partial charge in [-0.3, -0.25) is 9.36 Å². The number of esters is 1. The van der Waals surface area contributed by atoms with E-state index in [1.165, 1.54) is 29.6 Å². The number of carbonyl (C=O) groups excluding carboxylic acids is 2. The fraction of sp³-hybridized carbons (Fsp3) is 0.158. The summed E-state index contributed by atoms with van der Waals surface area (Å²) < 4.78 is 6.30. The standard InChI is InChI=1S/C19H15Cl2NO3S/c1-25-19(24)15-9-22(17-5-3-2-4-14(15)17)18(23)11-26-10-12-6-7-13(20)8-16(12)21/h2-9H,10-11H2,1H3. The van der Waals surface area contributed by atoms with Crippen molar-refractivity contribution in [2.75, 3.05) is 12.9 Å². The van der Waals surface area contributed by atoms with Crippen LogP contribution in [0.25, 0.3) is 10.9 Å². The highest BCUT2D eigenvalue weighted by Gasteiger charge is 2.18. The highest BCUT2D eigenvalue weighted by atomic mass is 35.5. The van der Waals surface area contributed by atoms with E-state index in [2.05, 4.69) is 0 Å². The molecule has 2 aromatic carbocycles. The van der Waals surface area contributed by atoms with Crippen LogP contribution in [0.1, 0.15) is 20.7 Å². The van der Waals surface area contributed by atoms with Gasteiger partial charge in [-0.1, -0.05) is 47.5 Å². The lowest BCUT2D eigenvalue weighted by atomic mass is 10.2. The lowest BCUT2D eigenvalue weighted by Crippen LogP contribution is -2.12. The molecule has 1 heterocycles. The number of hydrogen-bond donors (Lipinski definition) is 0. The lowest BCUT2D eigenvalue weighted by molar-refractivity contribution is 0.0603. The number of carbonyl (C=O) groups is 2. The lowest BCUT2D eigenvalue weighted by Gasteiger charge is -2.06. The summed E-state index contributed by atoms with van der Waals surface area (Å²) in [6.45, 7) is 0. The van der Waals surface area contributed by atoms with Gasteiger partial charge in [-0.15, -0.1) is 11.8 Å².